The number of rotatable bonds is 6. The minimum Gasteiger partial charge on any atom is -0.466 e. The standard InChI is InChI=1S/C13H18F3N3O3S/c1-7(2)5-9(20)18-12(10(21)22-4,13(14,15)16)19-11-17-6-8(3)23-11/h6-7H,5H2,1-4H3,(H,17,19)(H,18,20)/t12-/m0/s1. The molecule has 0 saturated heterocycles. The van der Waals surface area contributed by atoms with Crippen LogP contribution in [0.4, 0.5) is 18.3 Å². The highest BCUT2D eigenvalue weighted by Crippen LogP contribution is 2.34. The van der Waals surface area contributed by atoms with E-state index < -0.39 is 23.7 Å². The van der Waals surface area contributed by atoms with Gasteiger partial charge in [0, 0.05) is 17.5 Å². The number of nitrogens with zero attached hydrogens (tertiary/aromatic N) is 1. The van der Waals surface area contributed by atoms with Crippen LogP contribution in [0.1, 0.15) is 25.1 Å². The summed E-state index contributed by atoms with van der Waals surface area (Å²) in [4.78, 5) is 28.1. The molecule has 130 valence electrons. The van der Waals surface area contributed by atoms with Crippen molar-refractivity contribution in [1.82, 2.24) is 10.3 Å². The summed E-state index contributed by atoms with van der Waals surface area (Å²) in [6.07, 6.45) is -3.96. The van der Waals surface area contributed by atoms with Crippen LogP contribution in [0.25, 0.3) is 0 Å². The van der Waals surface area contributed by atoms with Gasteiger partial charge in [0.15, 0.2) is 5.13 Å². The molecule has 0 aliphatic rings. The molecule has 1 atom stereocenters. The Morgan fingerprint density at radius 2 is 2.00 bits per heavy atom. The van der Waals surface area contributed by atoms with E-state index in [0.29, 0.717) is 4.88 Å². The Kier molecular flexibility index (Phi) is 5.98. The molecule has 1 aromatic rings. The SMILES string of the molecule is COC(=O)[C@](NC(=O)CC(C)C)(Nc1ncc(C)s1)C(F)(F)F. The van der Waals surface area contributed by atoms with Crippen LogP contribution in [0, 0.1) is 12.8 Å². The molecule has 2 N–H and O–H groups in total. The fourth-order valence-electron chi connectivity index (χ4n) is 1.75. The van der Waals surface area contributed by atoms with Crippen LogP contribution in [0.15, 0.2) is 6.20 Å². The number of esters is 1. The lowest BCUT2D eigenvalue weighted by molar-refractivity contribution is -0.206. The fourth-order valence-corrected chi connectivity index (χ4v) is 2.47. The van der Waals surface area contributed by atoms with E-state index in [2.05, 4.69) is 9.72 Å². The number of aryl methyl sites for hydroxylation is 1. The van der Waals surface area contributed by atoms with E-state index in [1.54, 1.807) is 26.1 Å². The van der Waals surface area contributed by atoms with Crippen LogP contribution in [0.2, 0.25) is 0 Å². The number of aromatic nitrogens is 1. The van der Waals surface area contributed by atoms with Crippen LogP contribution in [-0.4, -0.2) is 35.8 Å². The highest BCUT2D eigenvalue weighted by atomic mass is 32.1. The van der Waals surface area contributed by atoms with E-state index in [1.165, 1.54) is 6.20 Å². The maximum Gasteiger partial charge on any atom is 0.442 e. The molecule has 0 saturated carbocycles. The molecule has 0 aromatic carbocycles. The lowest BCUT2D eigenvalue weighted by Crippen LogP contribution is -2.69. The van der Waals surface area contributed by atoms with Gasteiger partial charge in [-0.3, -0.25) is 4.79 Å². The number of halogens is 3. The average Bonchev–Trinajstić information content (AvgIpc) is 2.79. The number of thiazole rings is 1. The Labute approximate surface area is 135 Å². The molecule has 6 nitrogen and oxygen atoms in total. The second-order valence-electron chi connectivity index (χ2n) is 5.29. The Balaban J connectivity index is 3.24. The summed E-state index contributed by atoms with van der Waals surface area (Å²) in [5.74, 6) is -2.78. The first-order valence-corrected chi connectivity index (χ1v) is 7.50. The second-order valence-corrected chi connectivity index (χ2v) is 6.52. The molecule has 23 heavy (non-hydrogen) atoms. The number of alkyl halides is 3. The highest BCUT2D eigenvalue weighted by Gasteiger charge is 2.63. The summed E-state index contributed by atoms with van der Waals surface area (Å²) in [5.41, 5.74) is -3.39. The molecule has 1 aromatic heterocycles. The molecular formula is C13H18F3N3O3S. The van der Waals surface area contributed by atoms with Crippen LogP contribution in [0.3, 0.4) is 0 Å². The fraction of sp³-hybridized carbons (Fsp3) is 0.615. The van der Waals surface area contributed by atoms with E-state index in [0.717, 1.165) is 18.4 Å². The lowest BCUT2D eigenvalue weighted by Gasteiger charge is -2.34. The molecule has 1 heterocycles. The van der Waals surface area contributed by atoms with Crippen molar-refractivity contribution < 1.29 is 27.5 Å². The van der Waals surface area contributed by atoms with Gasteiger partial charge in [0.25, 0.3) is 0 Å². The van der Waals surface area contributed by atoms with Gasteiger partial charge in [-0.25, -0.2) is 9.78 Å². The summed E-state index contributed by atoms with van der Waals surface area (Å²) in [6.45, 7) is 4.99. The molecule has 1 rings (SSSR count). The largest absolute Gasteiger partial charge is 0.466 e. The topological polar surface area (TPSA) is 80.3 Å². The van der Waals surface area contributed by atoms with Crippen molar-refractivity contribution in [3.05, 3.63) is 11.1 Å². The molecule has 0 aliphatic heterocycles. The van der Waals surface area contributed by atoms with Gasteiger partial charge >= 0.3 is 17.8 Å². The van der Waals surface area contributed by atoms with E-state index in [9.17, 15) is 22.8 Å². The summed E-state index contributed by atoms with van der Waals surface area (Å²) < 4.78 is 45.1. The molecule has 0 spiro atoms. The summed E-state index contributed by atoms with van der Waals surface area (Å²) in [7, 11) is 0.812. The van der Waals surface area contributed by atoms with E-state index in [4.69, 9.17) is 0 Å². The van der Waals surface area contributed by atoms with Crippen molar-refractivity contribution in [2.24, 2.45) is 5.92 Å². The Hall–Kier alpha value is -1.84. The number of anilines is 1. The number of hydrogen-bond acceptors (Lipinski definition) is 6. The predicted octanol–water partition coefficient (Wildman–Crippen LogP) is 2.46. The van der Waals surface area contributed by atoms with Crippen molar-refractivity contribution in [2.45, 2.75) is 39.0 Å². The van der Waals surface area contributed by atoms with Gasteiger partial charge in [-0.2, -0.15) is 13.2 Å². The van der Waals surface area contributed by atoms with Crippen molar-refractivity contribution in [2.75, 3.05) is 12.4 Å². The van der Waals surface area contributed by atoms with Gasteiger partial charge in [-0.1, -0.05) is 13.8 Å². The van der Waals surface area contributed by atoms with Gasteiger partial charge in [0.05, 0.1) is 7.11 Å². The molecule has 0 aliphatic carbocycles. The first-order chi connectivity index (χ1) is 10.5. The minimum absolute atomic E-state index is 0.157. The van der Waals surface area contributed by atoms with E-state index in [-0.39, 0.29) is 17.5 Å². The number of ether oxygens (including phenoxy) is 1. The van der Waals surface area contributed by atoms with Crippen molar-refractivity contribution in [3.8, 4) is 0 Å². The van der Waals surface area contributed by atoms with Crippen LogP contribution < -0.4 is 10.6 Å². The maximum atomic E-state index is 13.6. The zero-order valence-electron chi connectivity index (χ0n) is 13.1. The van der Waals surface area contributed by atoms with Crippen LogP contribution in [0.5, 0.6) is 0 Å². The average molecular weight is 353 g/mol. The van der Waals surface area contributed by atoms with Crippen molar-refractivity contribution in [3.63, 3.8) is 0 Å². The summed E-state index contributed by atoms with van der Waals surface area (Å²) in [5, 5.41) is 3.55. The molecular weight excluding hydrogens is 335 g/mol. The molecule has 0 radical (unpaired) electrons. The Bertz CT molecular complexity index is 574. The highest BCUT2D eigenvalue weighted by molar-refractivity contribution is 7.15. The molecule has 0 fully saturated rings. The number of methoxy groups -OCH3 is 1. The Morgan fingerprint density at radius 1 is 1.39 bits per heavy atom. The zero-order valence-corrected chi connectivity index (χ0v) is 13.9. The van der Waals surface area contributed by atoms with Gasteiger partial charge in [-0.15, -0.1) is 11.3 Å². The van der Waals surface area contributed by atoms with E-state index >= 15 is 0 Å². The third kappa shape index (κ3) is 4.57. The summed E-state index contributed by atoms with van der Waals surface area (Å²) >= 11 is 0.918. The Morgan fingerprint density at radius 3 is 2.39 bits per heavy atom. The zero-order chi connectivity index (χ0) is 17.8. The first kappa shape index (κ1) is 19.2. The second kappa shape index (κ2) is 7.16. The quantitative estimate of drug-likeness (QED) is 0.607. The van der Waals surface area contributed by atoms with Gasteiger partial charge in [-0.05, 0) is 12.8 Å². The number of hydrogen-bond donors (Lipinski definition) is 2. The third-order valence-electron chi connectivity index (χ3n) is 2.75. The van der Waals surface area contributed by atoms with E-state index in [1.807, 2.05) is 5.32 Å². The third-order valence-corrected chi connectivity index (χ3v) is 3.58. The van der Waals surface area contributed by atoms with Crippen molar-refractivity contribution >= 4 is 28.3 Å². The number of carbonyl (C=O) groups is 2. The minimum atomic E-state index is -5.13. The predicted molar refractivity (Wildman–Crippen MR) is 78.9 cm³/mol. The summed E-state index contributed by atoms with van der Waals surface area (Å²) in [6, 6.07) is 0. The van der Waals surface area contributed by atoms with Crippen molar-refractivity contribution in [1.29, 1.82) is 0 Å². The first-order valence-electron chi connectivity index (χ1n) is 6.68. The smallest absolute Gasteiger partial charge is 0.442 e. The van der Waals surface area contributed by atoms with Gasteiger partial charge in [0.2, 0.25) is 5.91 Å². The molecule has 0 bridgehead atoms. The number of nitrogens with one attached hydrogen (secondary N) is 2. The molecule has 10 heteroatoms. The molecule has 0 unspecified atom stereocenters. The van der Waals surface area contributed by atoms with Crippen LogP contribution >= 0.6 is 11.3 Å². The van der Waals surface area contributed by atoms with Gasteiger partial charge in [0.1, 0.15) is 0 Å². The monoisotopic (exact) mass is 353 g/mol. The maximum absolute atomic E-state index is 13.6. The normalized spacial score (nSPS) is 14.3. The van der Waals surface area contributed by atoms with Gasteiger partial charge < -0.3 is 15.4 Å². The lowest BCUT2D eigenvalue weighted by atomic mass is 10.1. The number of carbonyl (C=O) groups excluding carboxylic acids is 2. The van der Waals surface area contributed by atoms with Crippen LogP contribution in [-0.2, 0) is 14.3 Å². The molecule has 1 amide bonds. The number of amides is 1.